The molecule has 0 amide bonds. The highest BCUT2D eigenvalue weighted by Crippen LogP contribution is 2.29. The minimum absolute atomic E-state index is 0.0997. The number of aromatic nitrogens is 1. The summed E-state index contributed by atoms with van der Waals surface area (Å²) in [6, 6.07) is 3.52. The van der Waals surface area contributed by atoms with Crippen LogP contribution in [0.15, 0.2) is 12.1 Å². The molecule has 19 heavy (non-hydrogen) atoms. The molecule has 2 rings (SSSR count). The molecular weight excluding hydrogens is 244 g/mol. The molecule has 1 N–H and O–H groups in total. The molecule has 1 unspecified atom stereocenters. The molecule has 1 aliphatic rings. The Morgan fingerprint density at radius 1 is 1.53 bits per heavy atom. The quantitative estimate of drug-likeness (QED) is 0.654. The van der Waals surface area contributed by atoms with Gasteiger partial charge in [-0.1, -0.05) is 6.92 Å². The van der Waals surface area contributed by atoms with Crippen molar-refractivity contribution in [2.75, 3.05) is 23.3 Å². The van der Waals surface area contributed by atoms with E-state index < -0.39 is 0 Å². The van der Waals surface area contributed by atoms with Crippen LogP contribution in [0.5, 0.6) is 0 Å². The Balaban J connectivity index is 2.35. The van der Waals surface area contributed by atoms with E-state index in [2.05, 4.69) is 22.1 Å². The average Bonchev–Trinajstić information content (AvgIpc) is 2.87. The third-order valence-electron chi connectivity index (χ3n) is 3.51. The van der Waals surface area contributed by atoms with Gasteiger partial charge in [0.15, 0.2) is 0 Å². The van der Waals surface area contributed by atoms with Gasteiger partial charge < -0.3 is 10.2 Å². The van der Waals surface area contributed by atoms with E-state index in [1.165, 1.54) is 6.07 Å². The molecule has 0 saturated carbocycles. The maximum Gasteiger partial charge on any atom is 0.276 e. The van der Waals surface area contributed by atoms with Crippen LogP contribution >= 0.6 is 0 Å². The second-order valence-corrected chi connectivity index (χ2v) is 4.75. The van der Waals surface area contributed by atoms with E-state index in [1.807, 2.05) is 6.92 Å². The summed E-state index contributed by atoms with van der Waals surface area (Å²) >= 11 is 0. The fourth-order valence-electron chi connectivity index (χ4n) is 2.59. The lowest BCUT2D eigenvalue weighted by molar-refractivity contribution is -0.384. The summed E-state index contributed by atoms with van der Waals surface area (Å²) in [5, 5.41) is 14.1. The Labute approximate surface area is 113 Å². The Morgan fingerprint density at radius 2 is 2.32 bits per heavy atom. The van der Waals surface area contributed by atoms with Crippen LogP contribution in [0.3, 0.4) is 0 Å². The summed E-state index contributed by atoms with van der Waals surface area (Å²) in [4.78, 5) is 17.3. The minimum atomic E-state index is -0.358. The van der Waals surface area contributed by atoms with Gasteiger partial charge in [0.05, 0.1) is 17.1 Å². The summed E-state index contributed by atoms with van der Waals surface area (Å²) in [6.07, 6.45) is 3.30. The number of pyridine rings is 1. The number of anilines is 2. The van der Waals surface area contributed by atoms with E-state index in [0.717, 1.165) is 31.6 Å². The molecular formula is C13H20N4O2. The van der Waals surface area contributed by atoms with Gasteiger partial charge in [0.2, 0.25) is 0 Å². The largest absolute Gasteiger partial charge is 0.370 e. The Kier molecular flexibility index (Phi) is 4.19. The zero-order chi connectivity index (χ0) is 13.8. The molecule has 6 nitrogen and oxygen atoms in total. The van der Waals surface area contributed by atoms with Crippen molar-refractivity contribution in [3.05, 3.63) is 22.2 Å². The second kappa shape index (κ2) is 5.86. The standard InChI is InChI=1S/C13H20N4O2/c1-3-10-6-5-7-16(10)13-9-11(17(18)19)8-12(15-13)14-4-2/h8-10H,3-7H2,1-2H3,(H,14,15). The highest BCUT2D eigenvalue weighted by molar-refractivity contribution is 5.56. The highest BCUT2D eigenvalue weighted by atomic mass is 16.6. The van der Waals surface area contributed by atoms with Crippen molar-refractivity contribution in [2.45, 2.75) is 39.2 Å². The predicted molar refractivity (Wildman–Crippen MR) is 75.7 cm³/mol. The number of rotatable bonds is 5. The molecule has 0 bridgehead atoms. The zero-order valence-electron chi connectivity index (χ0n) is 11.4. The molecule has 104 valence electrons. The molecule has 1 fully saturated rings. The third kappa shape index (κ3) is 2.94. The van der Waals surface area contributed by atoms with Crippen molar-refractivity contribution in [1.82, 2.24) is 4.98 Å². The normalized spacial score (nSPS) is 18.6. The van der Waals surface area contributed by atoms with E-state index in [-0.39, 0.29) is 10.6 Å². The number of nitro groups is 1. The van der Waals surface area contributed by atoms with Gasteiger partial charge in [-0.15, -0.1) is 0 Å². The lowest BCUT2D eigenvalue weighted by atomic mass is 10.2. The first-order valence-corrected chi connectivity index (χ1v) is 6.82. The number of nitrogens with zero attached hydrogens (tertiary/aromatic N) is 3. The lowest BCUT2D eigenvalue weighted by Crippen LogP contribution is -2.29. The summed E-state index contributed by atoms with van der Waals surface area (Å²) in [7, 11) is 0. The molecule has 0 aromatic carbocycles. The van der Waals surface area contributed by atoms with Crippen LogP contribution in [-0.4, -0.2) is 29.0 Å². The van der Waals surface area contributed by atoms with E-state index in [1.54, 1.807) is 6.07 Å². The van der Waals surface area contributed by atoms with Crippen LogP contribution in [0, 0.1) is 10.1 Å². The SMILES string of the molecule is CCNc1cc([N+](=O)[O-])cc(N2CCCC2CC)n1. The molecule has 0 aliphatic carbocycles. The van der Waals surface area contributed by atoms with Crippen molar-refractivity contribution in [3.8, 4) is 0 Å². The van der Waals surface area contributed by atoms with Crippen LogP contribution in [0.1, 0.15) is 33.1 Å². The molecule has 0 spiro atoms. The maximum absolute atomic E-state index is 11.0. The van der Waals surface area contributed by atoms with Crippen LogP contribution in [0.25, 0.3) is 0 Å². The van der Waals surface area contributed by atoms with Crippen molar-refractivity contribution in [3.63, 3.8) is 0 Å². The molecule has 2 heterocycles. The van der Waals surface area contributed by atoms with Gasteiger partial charge in [0.1, 0.15) is 11.6 Å². The Morgan fingerprint density at radius 3 is 2.95 bits per heavy atom. The lowest BCUT2D eigenvalue weighted by Gasteiger charge is -2.25. The van der Waals surface area contributed by atoms with E-state index in [0.29, 0.717) is 18.4 Å². The number of hydrogen-bond donors (Lipinski definition) is 1. The monoisotopic (exact) mass is 264 g/mol. The second-order valence-electron chi connectivity index (χ2n) is 4.75. The molecule has 1 aromatic rings. The summed E-state index contributed by atoms with van der Waals surface area (Å²) in [5.41, 5.74) is 0.0997. The first kappa shape index (κ1) is 13.6. The highest BCUT2D eigenvalue weighted by Gasteiger charge is 2.26. The van der Waals surface area contributed by atoms with Gasteiger partial charge in [-0.3, -0.25) is 10.1 Å². The first-order valence-electron chi connectivity index (χ1n) is 6.82. The van der Waals surface area contributed by atoms with Gasteiger partial charge in [0.25, 0.3) is 5.69 Å². The van der Waals surface area contributed by atoms with Crippen molar-refractivity contribution < 1.29 is 4.92 Å². The average molecular weight is 264 g/mol. The molecule has 0 radical (unpaired) electrons. The number of nitrogens with one attached hydrogen (secondary N) is 1. The predicted octanol–water partition coefficient (Wildman–Crippen LogP) is 2.80. The molecule has 6 heteroatoms. The minimum Gasteiger partial charge on any atom is -0.370 e. The summed E-state index contributed by atoms with van der Waals surface area (Å²) < 4.78 is 0. The Hall–Kier alpha value is -1.85. The van der Waals surface area contributed by atoms with Crippen molar-refractivity contribution in [2.24, 2.45) is 0 Å². The Bertz CT molecular complexity index is 464. The zero-order valence-corrected chi connectivity index (χ0v) is 11.4. The van der Waals surface area contributed by atoms with Crippen LogP contribution in [-0.2, 0) is 0 Å². The third-order valence-corrected chi connectivity index (χ3v) is 3.51. The van der Waals surface area contributed by atoms with Crippen molar-refractivity contribution >= 4 is 17.3 Å². The van der Waals surface area contributed by atoms with Crippen molar-refractivity contribution in [1.29, 1.82) is 0 Å². The fraction of sp³-hybridized carbons (Fsp3) is 0.615. The first-order chi connectivity index (χ1) is 9.15. The fourth-order valence-corrected chi connectivity index (χ4v) is 2.59. The maximum atomic E-state index is 11.0. The van der Waals surface area contributed by atoms with Crippen LogP contribution < -0.4 is 10.2 Å². The topological polar surface area (TPSA) is 71.3 Å². The van der Waals surface area contributed by atoms with E-state index in [4.69, 9.17) is 0 Å². The molecule has 1 saturated heterocycles. The smallest absolute Gasteiger partial charge is 0.276 e. The number of hydrogen-bond acceptors (Lipinski definition) is 5. The molecule has 1 aromatic heterocycles. The van der Waals surface area contributed by atoms with Gasteiger partial charge in [-0.25, -0.2) is 4.98 Å². The van der Waals surface area contributed by atoms with Gasteiger partial charge >= 0.3 is 0 Å². The molecule has 1 atom stereocenters. The van der Waals surface area contributed by atoms with E-state index in [9.17, 15) is 10.1 Å². The van der Waals surface area contributed by atoms with Gasteiger partial charge in [-0.2, -0.15) is 0 Å². The van der Waals surface area contributed by atoms with Crippen LogP contribution in [0.2, 0.25) is 0 Å². The van der Waals surface area contributed by atoms with E-state index >= 15 is 0 Å². The van der Waals surface area contributed by atoms with Gasteiger partial charge in [-0.05, 0) is 26.2 Å². The van der Waals surface area contributed by atoms with Gasteiger partial charge in [0, 0.05) is 19.1 Å². The summed E-state index contributed by atoms with van der Waals surface area (Å²) in [5.74, 6) is 1.29. The molecule has 1 aliphatic heterocycles. The van der Waals surface area contributed by atoms with Crippen LogP contribution in [0.4, 0.5) is 17.3 Å². The summed E-state index contributed by atoms with van der Waals surface area (Å²) in [6.45, 7) is 5.72.